The molecule has 0 saturated carbocycles. The first-order valence-corrected chi connectivity index (χ1v) is 7.10. The van der Waals surface area contributed by atoms with Gasteiger partial charge in [0.15, 0.2) is 5.13 Å². The zero-order valence-electron chi connectivity index (χ0n) is 10.3. The fraction of sp³-hybridized carbons (Fsp3) is 0.0833. The number of aromatic carboxylic acids is 1. The minimum atomic E-state index is -1.03. The number of benzene rings is 1. The molecular formula is C12H10BrN3O3S. The quantitative estimate of drug-likeness (QED) is 0.784. The summed E-state index contributed by atoms with van der Waals surface area (Å²) in [5.41, 5.74) is 1.19. The molecule has 1 aromatic carbocycles. The highest BCUT2D eigenvalue weighted by Gasteiger charge is 2.10. The third-order valence-electron chi connectivity index (χ3n) is 2.42. The summed E-state index contributed by atoms with van der Waals surface area (Å²) in [7, 11) is 0. The fourth-order valence-electron chi connectivity index (χ4n) is 1.50. The van der Waals surface area contributed by atoms with Crippen LogP contribution < -0.4 is 10.6 Å². The summed E-state index contributed by atoms with van der Waals surface area (Å²) in [6, 6.07) is 4.21. The molecule has 0 bridgehead atoms. The number of amides is 2. The Bertz CT molecular complexity index is 672. The van der Waals surface area contributed by atoms with E-state index in [1.807, 2.05) is 0 Å². The number of aromatic nitrogens is 1. The third-order valence-corrected chi connectivity index (χ3v) is 3.82. The average Bonchev–Trinajstić information content (AvgIpc) is 2.76. The van der Waals surface area contributed by atoms with Crippen molar-refractivity contribution in [2.75, 3.05) is 10.6 Å². The van der Waals surface area contributed by atoms with Crippen LogP contribution in [-0.4, -0.2) is 22.1 Å². The van der Waals surface area contributed by atoms with Gasteiger partial charge in [0, 0.05) is 5.69 Å². The largest absolute Gasteiger partial charge is 0.478 e. The minimum Gasteiger partial charge on any atom is -0.478 e. The lowest BCUT2D eigenvalue weighted by molar-refractivity contribution is 0.0696. The lowest BCUT2D eigenvalue weighted by Gasteiger charge is -2.07. The molecule has 3 N–H and O–H groups in total. The molecule has 0 radical (unpaired) electrons. The van der Waals surface area contributed by atoms with E-state index in [0.717, 1.165) is 3.79 Å². The molecule has 1 heterocycles. The van der Waals surface area contributed by atoms with Crippen molar-refractivity contribution in [3.8, 4) is 0 Å². The maximum atomic E-state index is 11.7. The van der Waals surface area contributed by atoms with E-state index in [0.29, 0.717) is 16.4 Å². The van der Waals surface area contributed by atoms with Crippen LogP contribution in [0.1, 0.15) is 15.9 Å². The van der Waals surface area contributed by atoms with E-state index < -0.39 is 12.0 Å². The SMILES string of the molecule is Cc1ccc(NC(=O)Nc2ncc(Br)s2)cc1C(=O)O. The monoisotopic (exact) mass is 355 g/mol. The zero-order chi connectivity index (χ0) is 14.7. The Kier molecular flexibility index (Phi) is 4.35. The predicted octanol–water partition coefficient (Wildman–Crippen LogP) is 3.56. The summed E-state index contributed by atoms with van der Waals surface area (Å²) in [6.07, 6.45) is 1.58. The molecule has 0 unspecified atom stereocenters. The first kappa shape index (κ1) is 14.5. The van der Waals surface area contributed by atoms with Gasteiger partial charge in [0.05, 0.1) is 15.5 Å². The molecule has 2 amide bonds. The van der Waals surface area contributed by atoms with E-state index in [9.17, 15) is 9.59 Å². The van der Waals surface area contributed by atoms with Gasteiger partial charge in [-0.15, -0.1) is 0 Å². The second kappa shape index (κ2) is 6.02. The Labute approximate surface area is 127 Å². The molecule has 104 valence electrons. The standard InChI is InChI=1S/C12H10BrN3O3S/c1-6-2-3-7(4-8(6)10(17)18)15-11(19)16-12-14-5-9(13)20-12/h2-5H,1H3,(H,17,18)(H2,14,15,16,19). The van der Waals surface area contributed by atoms with Crippen LogP contribution in [0.15, 0.2) is 28.2 Å². The number of thiazole rings is 1. The zero-order valence-corrected chi connectivity index (χ0v) is 12.7. The highest BCUT2D eigenvalue weighted by atomic mass is 79.9. The van der Waals surface area contributed by atoms with Crippen molar-refractivity contribution in [1.29, 1.82) is 0 Å². The van der Waals surface area contributed by atoms with Gasteiger partial charge in [0.25, 0.3) is 0 Å². The summed E-state index contributed by atoms with van der Waals surface area (Å²) < 4.78 is 0.802. The maximum absolute atomic E-state index is 11.7. The molecule has 1 aromatic heterocycles. The number of carboxylic acids is 1. The smallest absolute Gasteiger partial charge is 0.336 e. The topological polar surface area (TPSA) is 91.3 Å². The van der Waals surface area contributed by atoms with E-state index >= 15 is 0 Å². The third kappa shape index (κ3) is 3.55. The molecule has 0 aliphatic carbocycles. The number of anilines is 2. The van der Waals surface area contributed by atoms with E-state index in [2.05, 4.69) is 31.5 Å². The number of nitrogens with zero attached hydrogens (tertiary/aromatic N) is 1. The Morgan fingerprint density at radius 2 is 2.10 bits per heavy atom. The summed E-state index contributed by atoms with van der Waals surface area (Å²) in [4.78, 5) is 26.7. The van der Waals surface area contributed by atoms with Crippen LogP contribution in [0.2, 0.25) is 0 Å². The number of carboxylic acid groups (broad SMARTS) is 1. The van der Waals surface area contributed by atoms with Crippen LogP contribution in [0.5, 0.6) is 0 Å². The number of hydrogen-bond acceptors (Lipinski definition) is 4. The number of hydrogen-bond donors (Lipinski definition) is 3. The van der Waals surface area contributed by atoms with Gasteiger partial charge in [0.1, 0.15) is 0 Å². The Morgan fingerprint density at radius 3 is 2.70 bits per heavy atom. The number of urea groups is 1. The second-order valence-electron chi connectivity index (χ2n) is 3.88. The number of nitrogens with one attached hydrogen (secondary N) is 2. The lowest BCUT2D eigenvalue weighted by Crippen LogP contribution is -2.19. The molecule has 2 aromatic rings. The summed E-state index contributed by atoms with van der Waals surface area (Å²) in [5.74, 6) is -1.03. The van der Waals surface area contributed by atoms with Gasteiger partial charge in [-0.1, -0.05) is 17.4 Å². The Morgan fingerprint density at radius 1 is 1.35 bits per heavy atom. The summed E-state index contributed by atoms with van der Waals surface area (Å²) in [5, 5.41) is 14.6. The van der Waals surface area contributed by atoms with Gasteiger partial charge in [-0.25, -0.2) is 14.6 Å². The number of aryl methyl sites for hydroxylation is 1. The molecule has 0 atom stereocenters. The molecule has 0 spiro atoms. The molecule has 6 nitrogen and oxygen atoms in total. The molecule has 0 saturated heterocycles. The molecule has 0 aliphatic rings. The van der Waals surface area contributed by atoms with Crippen LogP contribution >= 0.6 is 27.3 Å². The van der Waals surface area contributed by atoms with Crippen LogP contribution in [-0.2, 0) is 0 Å². The number of halogens is 1. The second-order valence-corrected chi connectivity index (χ2v) is 6.29. The van der Waals surface area contributed by atoms with Crippen molar-refractivity contribution >= 4 is 50.1 Å². The number of rotatable bonds is 3. The van der Waals surface area contributed by atoms with Crippen molar-refractivity contribution in [3.05, 3.63) is 39.3 Å². The molecule has 0 aliphatic heterocycles. The number of carbonyl (C=O) groups is 2. The van der Waals surface area contributed by atoms with Crippen molar-refractivity contribution in [3.63, 3.8) is 0 Å². The number of carbonyl (C=O) groups excluding carboxylic acids is 1. The van der Waals surface area contributed by atoms with E-state index in [1.165, 1.54) is 17.4 Å². The molecular weight excluding hydrogens is 346 g/mol. The van der Waals surface area contributed by atoms with E-state index in [4.69, 9.17) is 5.11 Å². The highest BCUT2D eigenvalue weighted by Crippen LogP contribution is 2.23. The molecule has 8 heteroatoms. The highest BCUT2D eigenvalue weighted by molar-refractivity contribution is 9.11. The first-order chi connectivity index (χ1) is 9.45. The summed E-state index contributed by atoms with van der Waals surface area (Å²) in [6.45, 7) is 1.69. The minimum absolute atomic E-state index is 0.153. The maximum Gasteiger partial charge on any atom is 0.336 e. The van der Waals surface area contributed by atoms with Gasteiger partial charge >= 0.3 is 12.0 Å². The van der Waals surface area contributed by atoms with Gasteiger partial charge in [-0.2, -0.15) is 0 Å². The van der Waals surface area contributed by atoms with E-state index in [-0.39, 0.29) is 5.56 Å². The van der Waals surface area contributed by atoms with Gasteiger partial charge < -0.3 is 10.4 Å². The lowest BCUT2D eigenvalue weighted by atomic mass is 10.1. The van der Waals surface area contributed by atoms with Crippen molar-refractivity contribution in [1.82, 2.24) is 4.98 Å². The van der Waals surface area contributed by atoms with Crippen LogP contribution in [0.4, 0.5) is 15.6 Å². The van der Waals surface area contributed by atoms with Crippen LogP contribution in [0.3, 0.4) is 0 Å². The first-order valence-electron chi connectivity index (χ1n) is 5.49. The van der Waals surface area contributed by atoms with Crippen molar-refractivity contribution in [2.24, 2.45) is 0 Å². The van der Waals surface area contributed by atoms with Crippen molar-refractivity contribution < 1.29 is 14.7 Å². The molecule has 20 heavy (non-hydrogen) atoms. The van der Waals surface area contributed by atoms with Gasteiger partial charge in [-0.3, -0.25) is 5.32 Å². The van der Waals surface area contributed by atoms with Gasteiger partial charge in [0.2, 0.25) is 0 Å². The Balaban J connectivity index is 2.08. The van der Waals surface area contributed by atoms with Gasteiger partial charge in [-0.05, 0) is 40.5 Å². The molecule has 0 fully saturated rings. The van der Waals surface area contributed by atoms with Crippen molar-refractivity contribution in [2.45, 2.75) is 6.92 Å². The molecule has 2 rings (SSSR count). The average molecular weight is 356 g/mol. The van der Waals surface area contributed by atoms with Crippen LogP contribution in [0, 0.1) is 6.92 Å². The normalized spacial score (nSPS) is 10.1. The van der Waals surface area contributed by atoms with Crippen LogP contribution in [0.25, 0.3) is 0 Å². The van der Waals surface area contributed by atoms with E-state index in [1.54, 1.807) is 25.3 Å². The fourth-order valence-corrected chi connectivity index (χ4v) is 2.60. The summed E-state index contributed by atoms with van der Waals surface area (Å²) >= 11 is 4.52. The Hall–Kier alpha value is -1.93. The predicted molar refractivity (Wildman–Crippen MR) is 80.6 cm³/mol.